The first-order chi connectivity index (χ1) is 12.0. The van der Waals surface area contributed by atoms with Crippen molar-refractivity contribution in [3.8, 4) is 5.75 Å². The van der Waals surface area contributed by atoms with Crippen molar-refractivity contribution in [2.45, 2.75) is 18.2 Å². The molecule has 0 aliphatic carbocycles. The van der Waals surface area contributed by atoms with Crippen LogP contribution in [0.15, 0.2) is 36.1 Å². The number of benzene rings is 1. The van der Waals surface area contributed by atoms with Crippen LogP contribution in [0.25, 0.3) is 0 Å². The highest BCUT2D eigenvalue weighted by molar-refractivity contribution is 6.06. The maximum absolute atomic E-state index is 12.5. The number of amides is 1. The van der Waals surface area contributed by atoms with Crippen LogP contribution in [-0.2, 0) is 23.9 Å². The molecule has 0 N–H and O–H groups in total. The molecule has 1 saturated heterocycles. The summed E-state index contributed by atoms with van der Waals surface area (Å²) >= 11 is 0. The van der Waals surface area contributed by atoms with Gasteiger partial charge in [-0.2, -0.15) is 0 Å². The van der Waals surface area contributed by atoms with Gasteiger partial charge in [0.05, 0.1) is 25.8 Å². The van der Waals surface area contributed by atoms with E-state index in [-0.39, 0.29) is 5.91 Å². The van der Waals surface area contributed by atoms with Crippen LogP contribution < -0.4 is 9.64 Å². The lowest BCUT2D eigenvalue weighted by Crippen LogP contribution is -2.72. The molecule has 0 saturated carbocycles. The number of rotatable bonds is 5. The third-order valence-corrected chi connectivity index (χ3v) is 4.49. The van der Waals surface area contributed by atoms with Crippen LogP contribution in [0, 0.1) is 0 Å². The maximum atomic E-state index is 12.5. The molecule has 8 nitrogen and oxygen atoms in total. The Balaban J connectivity index is 1.94. The fraction of sp³-hybridized carbons (Fsp3) is 0.412. The second-order valence-electron chi connectivity index (χ2n) is 5.71. The highest BCUT2D eigenvalue weighted by atomic mass is 16.7. The third-order valence-electron chi connectivity index (χ3n) is 4.49. The summed E-state index contributed by atoms with van der Waals surface area (Å²) in [5.74, 6) is 0.00782. The Morgan fingerprint density at radius 1 is 1.16 bits per heavy atom. The van der Waals surface area contributed by atoms with Crippen LogP contribution in [0.5, 0.6) is 5.75 Å². The van der Waals surface area contributed by atoms with Crippen molar-refractivity contribution >= 4 is 17.6 Å². The Morgan fingerprint density at radius 3 is 2.40 bits per heavy atom. The lowest BCUT2D eigenvalue weighted by atomic mass is 9.86. The predicted molar refractivity (Wildman–Crippen MR) is 87.8 cm³/mol. The van der Waals surface area contributed by atoms with Crippen molar-refractivity contribution in [3.05, 3.63) is 36.1 Å². The first-order valence-corrected chi connectivity index (χ1v) is 7.71. The van der Waals surface area contributed by atoms with E-state index in [4.69, 9.17) is 19.0 Å². The molecule has 0 aromatic heterocycles. The van der Waals surface area contributed by atoms with Gasteiger partial charge in [0.25, 0.3) is 5.91 Å². The van der Waals surface area contributed by atoms with Gasteiger partial charge in [-0.1, -0.05) is 0 Å². The number of methoxy groups -OCH3 is 3. The number of carbonyl (C=O) groups is 2. The number of nitrogens with zero attached hydrogens (tertiary/aromatic N) is 2. The number of esters is 1. The number of anilines is 1. The normalized spacial score (nSPS) is 25.9. The zero-order valence-electron chi connectivity index (χ0n) is 14.5. The third kappa shape index (κ3) is 2.73. The Hall–Kier alpha value is -2.58. The van der Waals surface area contributed by atoms with Gasteiger partial charge in [-0.15, -0.1) is 5.06 Å². The van der Waals surface area contributed by atoms with Crippen molar-refractivity contribution in [1.29, 1.82) is 0 Å². The van der Waals surface area contributed by atoms with E-state index < -0.39 is 24.2 Å². The Morgan fingerprint density at radius 2 is 1.84 bits per heavy atom. The summed E-state index contributed by atoms with van der Waals surface area (Å²) in [4.78, 5) is 31.6. The van der Waals surface area contributed by atoms with E-state index in [1.807, 2.05) is 0 Å². The van der Waals surface area contributed by atoms with Crippen molar-refractivity contribution in [3.63, 3.8) is 0 Å². The van der Waals surface area contributed by atoms with Gasteiger partial charge in [-0.05, 0) is 24.3 Å². The zero-order chi connectivity index (χ0) is 18.1. The summed E-state index contributed by atoms with van der Waals surface area (Å²) in [5.41, 5.74) is 1.02. The summed E-state index contributed by atoms with van der Waals surface area (Å²) in [6.45, 7) is 0. The number of hydrogen-bond donors (Lipinski definition) is 0. The minimum Gasteiger partial charge on any atom is -0.497 e. The molecule has 1 aromatic carbocycles. The summed E-state index contributed by atoms with van der Waals surface area (Å²) in [7, 11) is 6.04. The van der Waals surface area contributed by atoms with E-state index in [1.54, 1.807) is 43.3 Å². The zero-order valence-corrected chi connectivity index (χ0v) is 14.5. The number of hydroxylamine groups is 2. The minimum atomic E-state index is -0.677. The highest BCUT2D eigenvalue weighted by Crippen LogP contribution is 2.38. The lowest BCUT2D eigenvalue weighted by Gasteiger charge is -2.49. The first-order valence-electron chi connectivity index (χ1n) is 7.71. The summed E-state index contributed by atoms with van der Waals surface area (Å²) in [6, 6.07) is 6.18. The second kappa shape index (κ2) is 6.73. The number of β-lactam (4-membered cyclic amide) rings is 1. The fourth-order valence-electron chi connectivity index (χ4n) is 3.23. The molecule has 0 radical (unpaired) electrons. The lowest BCUT2D eigenvalue weighted by molar-refractivity contribution is -0.151. The molecule has 8 heteroatoms. The van der Waals surface area contributed by atoms with E-state index in [1.165, 1.54) is 25.5 Å². The molecule has 1 aromatic rings. The maximum Gasteiger partial charge on any atom is 0.338 e. The monoisotopic (exact) mass is 348 g/mol. The van der Waals surface area contributed by atoms with Crippen LogP contribution in [0.4, 0.5) is 5.69 Å². The predicted octanol–water partition coefficient (Wildman–Crippen LogP) is 0.728. The van der Waals surface area contributed by atoms with Crippen LogP contribution in [0.1, 0.15) is 0 Å². The van der Waals surface area contributed by atoms with E-state index >= 15 is 0 Å². The molecule has 0 unspecified atom stereocenters. The molecule has 25 heavy (non-hydrogen) atoms. The Labute approximate surface area is 145 Å². The summed E-state index contributed by atoms with van der Waals surface area (Å²) in [5, 5.41) is 1.52. The molecule has 3 rings (SSSR count). The van der Waals surface area contributed by atoms with Gasteiger partial charge in [-0.25, -0.2) is 4.79 Å². The van der Waals surface area contributed by atoms with Gasteiger partial charge in [-0.3, -0.25) is 4.79 Å². The fourth-order valence-corrected chi connectivity index (χ4v) is 3.23. The van der Waals surface area contributed by atoms with Gasteiger partial charge >= 0.3 is 5.97 Å². The topological polar surface area (TPSA) is 77.5 Å². The number of likely N-dealkylation sites (N-methyl/N-ethyl adjacent to an activating group) is 1. The molecule has 1 amide bonds. The van der Waals surface area contributed by atoms with E-state index in [2.05, 4.69) is 0 Å². The van der Waals surface area contributed by atoms with Gasteiger partial charge in [0.15, 0.2) is 6.10 Å². The van der Waals surface area contributed by atoms with Gasteiger partial charge in [0.1, 0.15) is 18.1 Å². The van der Waals surface area contributed by atoms with Crippen molar-refractivity contribution in [2.24, 2.45) is 0 Å². The molecule has 3 atom stereocenters. The standard InChI is InChI=1S/C17H20N2O6/c1-18-13(12(9-25-18)17(21)24-4)14-15(23-3)16(20)19(14)10-5-7-11(22-2)8-6-10/h5-9,13-15H,1-4H3/t13-,14+,15-/m1/s1. The van der Waals surface area contributed by atoms with E-state index in [0.717, 1.165) is 0 Å². The second-order valence-corrected chi connectivity index (χ2v) is 5.71. The molecular weight excluding hydrogens is 328 g/mol. The van der Waals surface area contributed by atoms with Crippen LogP contribution in [-0.4, -0.2) is 63.5 Å². The molecule has 0 bridgehead atoms. The molecular formula is C17H20N2O6. The van der Waals surface area contributed by atoms with Gasteiger partial charge < -0.3 is 23.9 Å². The van der Waals surface area contributed by atoms with E-state index in [9.17, 15) is 9.59 Å². The van der Waals surface area contributed by atoms with Gasteiger partial charge in [0.2, 0.25) is 0 Å². The quantitative estimate of drug-likeness (QED) is 0.573. The molecule has 134 valence electrons. The van der Waals surface area contributed by atoms with Crippen molar-refractivity contribution < 1.29 is 28.6 Å². The first kappa shape index (κ1) is 17.2. The van der Waals surface area contributed by atoms with Crippen LogP contribution in [0.2, 0.25) is 0 Å². The molecule has 0 spiro atoms. The average Bonchev–Trinajstić information content (AvgIpc) is 3.00. The largest absolute Gasteiger partial charge is 0.497 e. The number of ether oxygens (including phenoxy) is 3. The molecule has 1 fully saturated rings. The molecule has 2 heterocycles. The van der Waals surface area contributed by atoms with Crippen LogP contribution >= 0.6 is 0 Å². The van der Waals surface area contributed by atoms with Crippen molar-refractivity contribution in [1.82, 2.24) is 5.06 Å². The molecule has 2 aliphatic rings. The SMILES string of the molecule is COC(=O)C1=CON(C)[C@H]1[C@H]1[C@@H](OC)C(=O)N1c1ccc(OC)cc1. The minimum absolute atomic E-state index is 0.179. The summed E-state index contributed by atoms with van der Waals surface area (Å²) in [6.07, 6.45) is 0.669. The molecule has 2 aliphatic heterocycles. The Bertz CT molecular complexity index is 702. The number of hydrogen-bond acceptors (Lipinski definition) is 7. The smallest absolute Gasteiger partial charge is 0.338 e. The highest BCUT2D eigenvalue weighted by Gasteiger charge is 2.57. The average molecular weight is 348 g/mol. The number of carbonyl (C=O) groups excluding carboxylic acids is 2. The Kier molecular flexibility index (Phi) is 4.65. The summed E-state index contributed by atoms with van der Waals surface area (Å²) < 4.78 is 15.3. The van der Waals surface area contributed by atoms with Gasteiger partial charge in [0, 0.05) is 19.8 Å². The van der Waals surface area contributed by atoms with E-state index in [0.29, 0.717) is 17.0 Å². The van der Waals surface area contributed by atoms with Crippen molar-refractivity contribution in [2.75, 3.05) is 33.3 Å². The van der Waals surface area contributed by atoms with Crippen LogP contribution in [0.3, 0.4) is 0 Å².